The first kappa shape index (κ1) is 22.3. The molecule has 5 rings (SSSR count). The van der Waals surface area contributed by atoms with Gasteiger partial charge in [-0.15, -0.1) is 0 Å². The Kier molecular flexibility index (Phi) is 6.91. The summed E-state index contributed by atoms with van der Waals surface area (Å²) in [5, 5.41) is 5.83. The Labute approximate surface area is 201 Å². The van der Waals surface area contributed by atoms with E-state index in [1.54, 1.807) is 11.3 Å². The number of rotatable bonds is 8. The lowest BCUT2D eigenvalue weighted by molar-refractivity contribution is 0.308. The maximum absolute atomic E-state index is 4.88. The summed E-state index contributed by atoms with van der Waals surface area (Å²) >= 11 is 1.66. The summed E-state index contributed by atoms with van der Waals surface area (Å²) in [7, 11) is 0. The molecule has 3 nitrogen and oxygen atoms in total. The third-order valence-corrected chi connectivity index (χ3v) is 8.26. The van der Waals surface area contributed by atoms with E-state index < -0.39 is 0 Å². The summed E-state index contributed by atoms with van der Waals surface area (Å²) < 4.78 is 1.93. The van der Waals surface area contributed by atoms with E-state index in [-0.39, 0.29) is 0 Å². The van der Waals surface area contributed by atoms with Crippen LogP contribution in [0.4, 0.5) is 0 Å². The molecule has 0 spiro atoms. The highest BCUT2D eigenvalue weighted by molar-refractivity contribution is 7.19. The van der Waals surface area contributed by atoms with E-state index in [0.29, 0.717) is 0 Å². The molecule has 1 saturated carbocycles. The van der Waals surface area contributed by atoms with E-state index in [0.717, 1.165) is 33.9 Å². The van der Waals surface area contributed by atoms with E-state index >= 15 is 0 Å². The van der Waals surface area contributed by atoms with Gasteiger partial charge in [0.15, 0.2) is 0 Å². The number of aryl methyl sites for hydroxylation is 1. The molecule has 2 heterocycles. The molecule has 0 N–H and O–H groups in total. The van der Waals surface area contributed by atoms with Gasteiger partial charge in [0, 0.05) is 11.1 Å². The smallest absolute Gasteiger partial charge is 0.213 e. The first-order chi connectivity index (χ1) is 16.2. The van der Waals surface area contributed by atoms with Gasteiger partial charge in [0.05, 0.1) is 11.9 Å². The minimum absolute atomic E-state index is 0.732. The van der Waals surface area contributed by atoms with Crippen LogP contribution in [0.1, 0.15) is 82.3 Å². The summed E-state index contributed by atoms with van der Waals surface area (Å²) in [6.45, 7) is 4.55. The zero-order valence-electron chi connectivity index (χ0n) is 20.0. The molecule has 0 saturated heterocycles. The molecule has 1 fully saturated rings. The Morgan fingerprint density at radius 3 is 2.27 bits per heavy atom. The van der Waals surface area contributed by atoms with Gasteiger partial charge in [-0.05, 0) is 61.5 Å². The van der Waals surface area contributed by atoms with Crippen LogP contribution in [-0.2, 0) is 6.42 Å². The average Bonchev–Trinajstić information content (AvgIpc) is 3.44. The summed E-state index contributed by atoms with van der Waals surface area (Å²) in [5.41, 5.74) is 6.26. The van der Waals surface area contributed by atoms with Crippen LogP contribution in [0.2, 0.25) is 0 Å². The maximum Gasteiger partial charge on any atom is 0.213 e. The highest BCUT2D eigenvalue weighted by Gasteiger charge is 2.22. The molecule has 2 aromatic carbocycles. The van der Waals surface area contributed by atoms with Crippen LogP contribution in [0.3, 0.4) is 0 Å². The minimum atomic E-state index is 0.732. The third-order valence-electron chi connectivity index (χ3n) is 7.28. The fourth-order valence-electron chi connectivity index (χ4n) is 5.27. The van der Waals surface area contributed by atoms with Crippen LogP contribution >= 0.6 is 11.3 Å². The van der Waals surface area contributed by atoms with Gasteiger partial charge in [0.25, 0.3) is 0 Å². The normalized spacial score (nSPS) is 18.7. The second-order valence-corrected chi connectivity index (χ2v) is 10.6. The van der Waals surface area contributed by atoms with Gasteiger partial charge >= 0.3 is 0 Å². The average molecular weight is 458 g/mol. The van der Waals surface area contributed by atoms with Crippen molar-refractivity contribution < 1.29 is 0 Å². The van der Waals surface area contributed by atoms with E-state index in [1.165, 1.54) is 73.6 Å². The van der Waals surface area contributed by atoms with Gasteiger partial charge in [0.1, 0.15) is 5.01 Å². The summed E-state index contributed by atoms with van der Waals surface area (Å²) in [5.74, 6) is 1.69. The SMILES string of the molecule is CCCCc1ccc(-c2nn3cc(-c4ccc(C5CCC(CCC)CC5)cc4)nc3s2)cc1. The van der Waals surface area contributed by atoms with Crippen molar-refractivity contribution in [3.05, 3.63) is 65.9 Å². The number of nitrogens with zero attached hydrogens (tertiary/aromatic N) is 3. The van der Waals surface area contributed by atoms with Gasteiger partial charge in [-0.1, -0.05) is 93.0 Å². The lowest BCUT2D eigenvalue weighted by atomic mass is 9.77. The van der Waals surface area contributed by atoms with Gasteiger partial charge in [-0.25, -0.2) is 9.50 Å². The first-order valence-corrected chi connectivity index (χ1v) is 13.6. The molecule has 4 aromatic rings. The zero-order chi connectivity index (χ0) is 22.6. The fraction of sp³-hybridized carbons (Fsp3) is 0.448. The maximum atomic E-state index is 4.88. The number of hydrogen-bond donors (Lipinski definition) is 0. The van der Waals surface area contributed by atoms with Gasteiger partial charge in [0.2, 0.25) is 4.96 Å². The molecule has 0 aliphatic heterocycles. The summed E-state index contributed by atoms with van der Waals surface area (Å²) in [4.78, 5) is 5.83. The van der Waals surface area contributed by atoms with Crippen LogP contribution in [0, 0.1) is 5.92 Å². The highest BCUT2D eigenvalue weighted by Crippen LogP contribution is 2.38. The van der Waals surface area contributed by atoms with E-state index in [9.17, 15) is 0 Å². The Bertz CT molecular complexity index is 1130. The second-order valence-electron chi connectivity index (χ2n) is 9.69. The quantitative estimate of drug-likeness (QED) is 0.265. The molecule has 172 valence electrons. The Morgan fingerprint density at radius 1 is 0.879 bits per heavy atom. The topological polar surface area (TPSA) is 30.2 Å². The van der Waals surface area contributed by atoms with Crippen molar-refractivity contribution in [1.29, 1.82) is 0 Å². The van der Waals surface area contributed by atoms with Crippen LogP contribution in [0.5, 0.6) is 0 Å². The largest absolute Gasteiger partial charge is 0.217 e. The van der Waals surface area contributed by atoms with E-state index in [2.05, 4.69) is 68.6 Å². The standard InChI is InChI=1S/C29H35N3S/c1-3-5-7-22-10-14-26(15-11-22)28-31-32-20-27(30-29(32)33-28)25-18-16-24(17-19-25)23-12-8-21(6-4-2)9-13-23/h10-11,14-21,23H,3-9,12-13H2,1-2H3. The van der Waals surface area contributed by atoms with Gasteiger partial charge in [-0.3, -0.25) is 0 Å². The van der Waals surface area contributed by atoms with Gasteiger partial charge < -0.3 is 0 Å². The molecule has 0 radical (unpaired) electrons. The number of imidazole rings is 1. The minimum Gasteiger partial charge on any atom is -0.217 e. The lowest BCUT2D eigenvalue weighted by Crippen LogP contribution is -2.13. The number of benzene rings is 2. The van der Waals surface area contributed by atoms with E-state index in [1.807, 2.05) is 4.52 Å². The van der Waals surface area contributed by atoms with Crippen LogP contribution < -0.4 is 0 Å². The second kappa shape index (κ2) is 10.2. The van der Waals surface area contributed by atoms with Crippen LogP contribution in [0.25, 0.3) is 26.8 Å². The third kappa shape index (κ3) is 5.06. The predicted molar refractivity (Wildman–Crippen MR) is 140 cm³/mol. The molecule has 1 aliphatic rings. The van der Waals surface area contributed by atoms with Crippen molar-refractivity contribution in [2.75, 3.05) is 0 Å². The molecule has 0 amide bonds. The predicted octanol–water partition coefficient (Wildman–Crippen LogP) is 8.54. The number of aromatic nitrogens is 3. The van der Waals surface area contributed by atoms with Crippen molar-refractivity contribution in [1.82, 2.24) is 14.6 Å². The number of unbranched alkanes of at least 4 members (excludes halogenated alkanes) is 1. The first-order valence-electron chi connectivity index (χ1n) is 12.8. The summed E-state index contributed by atoms with van der Waals surface area (Å²) in [6, 6.07) is 18.0. The van der Waals surface area contributed by atoms with Crippen molar-refractivity contribution in [2.24, 2.45) is 5.92 Å². The van der Waals surface area contributed by atoms with Crippen molar-refractivity contribution in [2.45, 2.75) is 77.6 Å². The molecule has 33 heavy (non-hydrogen) atoms. The number of hydrogen-bond acceptors (Lipinski definition) is 3. The molecule has 4 heteroatoms. The molecule has 0 bridgehead atoms. The van der Waals surface area contributed by atoms with Gasteiger partial charge in [-0.2, -0.15) is 5.10 Å². The molecule has 2 aromatic heterocycles. The van der Waals surface area contributed by atoms with Crippen molar-refractivity contribution in [3.8, 4) is 21.8 Å². The molecule has 0 atom stereocenters. The van der Waals surface area contributed by atoms with Crippen molar-refractivity contribution in [3.63, 3.8) is 0 Å². The Balaban J connectivity index is 1.26. The van der Waals surface area contributed by atoms with Crippen LogP contribution in [-0.4, -0.2) is 14.6 Å². The van der Waals surface area contributed by atoms with Crippen LogP contribution in [0.15, 0.2) is 54.7 Å². The van der Waals surface area contributed by atoms with E-state index in [4.69, 9.17) is 10.1 Å². The Morgan fingerprint density at radius 2 is 1.61 bits per heavy atom. The lowest BCUT2D eigenvalue weighted by Gasteiger charge is -2.28. The monoisotopic (exact) mass is 457 g/mol. The fourth-order valence-corrected chi connectivity index (χ4v) is 6.16. The molecule has 0 unspecified atom stereocenters. The molecular weight excluding hydrogens is 422 g/mol. The summed E-state index contributed by atoms with van der Waals surface area (Å²) in [6.07, 6.45) is 13.9. The highest BCUT2D eigenvalue weighted by atomic mass is 32.1. The zero-order valence-corrected chi connectivity index (χ0v) is 20.8. The molecule has 1 aliphatic carbocycles. The molecular formula is C29H35N3S. The number of fused-ring (bicyclic) bond motifs is 1. The Hall–Kier alpha value is -2.46. The van der Waals surface area contributed by atoms with Crippen molar-refractivity contribution >= 4 is 16.3 Å².